The Labute approximate surface area is 62.8 Å². The van der Waals surface area contributed by atoms with E-state index in [0.717, 1.165) is 5.69 Å². The van der Waals surface area contributed by atoms with Crippen LogP contribution in [0, 0.1) is 6.92 Å². The van der Waals surface area contributed by atoms with Gasteiger partial charge in [0, 0.05) is 11.9 Å². The van der Waals surface area contributed by atoms with Gasteiger partial charge in [-0.3, -0.25) is 4.98 Å². The number of nitrogens with zero attached hydrogens (tertiary/aromatic N) is 1. The Bertz CT molecular complexity index is 143. The second kappa shape index (κ2) is 3.71. The molecule has 0 aromatic carbocycles. The summed E-state index contributed by atoms with van der Waals surface area (Å²) in [5, 5.41) is 0. The summed E-state index contributed by atoms with van der Waals surface area (Å²) >= 11 is 0. The van der Waals surface area contributed by atoms with Crippen LogP contribution < -0.4 is 18.9 Å². The van der Waals surface area contributed by atoms with Crippen LogP contribution in [0.4, 0.5) is 0 Å². The fourth-order valence-electron chi connectivity index (χ4n) is 0.448. The van der Waals surface area contributed by atoms with Gasteiger partial charge < -0.3 is 1.43 Å². The fourth-order valence-corrected chi connectivity index (χ4v) is 0.448. The first-order chi connectivity index (χ1) is 3.39. The molecule has 0 spiro atoms. The molecule has 8 heavy (non-hydrogen) atoms. The van der Waals surface area contributed by atoms with Crippen molar-refractivity contribution in [3.8, 4) is 0 Å². The topological polar surface area (TPSA) is 12.9 Å². The Hall–Kier alpha value is -0.253. The van der Waals surface area contributed by atoms with E-state index in [1.54, 1.807) is 6.20 Å². The number of rotatable bonds is 0. The smallest absolute Gasteiger partial charge is 1.00 e. The van der Waals surface area contributed by atoms with Gasteiger partial charge in [-0.05, 0) is 19.1 Å². The van der Waals surface area contributed by atoms with Crippen LogP contribution in [0.2, 0.25) is 0 Å². The molecule has 1 aromatic rings. The Morgan fingerprint density at radius 3 is 2.50 bits per heavy atom. The molecular weight excluding hydrogens is 93.0 g/mol. The minimum absolute atomic E-state index is 0. The van der Waals surface area contributed by atoms with Crippen LogP contribution in [-0.2, 0) is 0 Å². The van der Waals surface area contributed by atoms with Crippen LogP contribution in [0.5, 0.6) is 0 Å². The number of hydrogen-bond acceptors (Lipinski definition) is 1. The van der Waals surface area contributed by atoms with Gasteiger partial charge in [0.1, 0.15) is 0 Å². The molecule has 0 atom stereocenters. The maximum Gasteiger partial charge on any atom is 1.00 e. The van der Waals surface area contributed by atoms with Gasteiger partial charge in [0.15, 0.2) is 0 Å². The summed E-state index contributed by atoms with van der Waals surface area (Å²) in [5.74, 6) is 0. The molecule has 0 unspecified atom stereocenters. The van der Waals surface area contributed by atoms with Gasteiger partial charge in [0.05, 0.1) is 0 Å². The van der Waals surface area contributed by atoms with Crippen LogP contribution in [0.1, 0.15) is 7.12 Å². The number of hydrogen-bond donors (Lipinski definition) is 0. The summed E-state index contributed by atoms with van der Waals surface area (Å²) < 4.78 is 0. The third-order valence-electron chi connectivity index (χ3n) is 0.813. The Kier molecular flexibility index (Phi) is 3.60. The van der Waals surface area contributed by atoms with E-state index < -0.39 is 0 Å². The van der Waals surface area contributed by atoms with E-state index in [9.17, 15) is 0 Å². The molecule has 1 nitrogen and oxygen atoms in total. The molecule has 1 heterocycles. The van der Waals surface area contributed by atoms with E-state index >= 15 is 0 Å². The van der Waals surface area contributed by atoms with Crippen LogP contribution in [0.25, 0.3) is 0 Å². The molecule has 0 amide bonds. The van der Waals surface area contributed by atoms with Gasteiger partial charge in [0.2, 0.25) is 0 Å². The first kappa shape index (κ1) is 7.75. The third-order valence-corrected chi connectivity index (χ3v) is 0.813. The van der Waals surface area contributed by atoms with Crippen molar-refractivity contribution in [2.24, 2.45) is 0 Å². The molecule has 2 heteroatoms. The average Bonchev–Trinajstić information content (AvgIpc) is 1.69. The van der Waals surface area contributed by atoms with Crippen molar-refractivity contribution in [3.05, 3.63) is 30.1 Å². The second-order valence-corrected chi connectivity index (χ2v) is 1.47. The molecule has 1 rings (SSSR count). The van der Waals surface area contributed by atoms with Crippen molar-refractivity contribution in [1.29, 1.82) is 0 Å². The standard InChI is InChI=1S/C6H7N.Li.H/c1-6-4-2-3-5-7-6;;/h2-5H,1H3;;/q;+1;-1. The summed E-state index contributed by atoms with van der Waals surface area (Å²) in [4.78, 5) is 3.98. The molecule has 0 fully saturated rings. The van der Waals surface area contributed by atoms with Crippen molar-refractivity contribution in [2.45, 2.75) is 6.92 Å². The number of pyridine rings is 1. The molecule has 0 saturated carbocycles. The van der Waals surface area contributed by atoms with Crippen LogP contribution in [-0.4, -0.2) is 4.98 Å². The van der Waals surface area contributed by atoms with E-state index in [1.807, 2.05) is 25.1 Å². The van der Waals surface area contributed by atoms with Crippen molar-refractivity contribution >= 4 is 0 Å². The van der Waals surface area contributed by atoms with Crippen LogP contribution >= 0.6 is 0 Å². The van der Waals surface area contributed by atoms with Gasteiger partial charge in [-0.2, -0.15) is 0 Å². The average molecular weight is 101 g/mol. The molecule has 0 saturated heterocycles. The van der Waals surface area contributed by atoms with E-state index in [2.05, 4.69) is 4.98 Å². The largest absolute Gasteiger partial charge is 1.00 e. The predicted molar refractivity (Wildman–Crippen MR) is 30.1 cm³/mol. The maximum atomic E-state index is 3.98. The Morgan fingerprint density at radius 1 is 1.50 bits per heavy atom. The van der Waals surface area contributed by atoms with E-state index in [0.29, 0.717) is 0 Å². The van der Waals surface area contributed by atoms with Gasteiger partial charge in [0.25, 0.3) is 0 Å². The molecule has 0 aliphatic carbocycles. The third kappa shape index (κ3) is 2.16. The fraction of sp³-hybridized carbons (Fsp3) is 0.167. The van der Waals surface area contributed by atoms with E-state index in [4.69, 9.17) is 0 Å². The van der Waals surface area contributed by atoms with Gasteiger partial charge in [-0.25, -0.2) is 0 Å². The zero-order valence-electron chi connectivity index (χ0n) is 6.26. The van der Waals surface area contributed by atoms with Crippen LogP contribution in [0.15, 0.2) is 24.4 Å². The molecule has 0 aliphatic heterocycles. The number of aryl methyl sites for hydroxylation is 1. The molecule has 0 N–H and O–H groups in total. The molecule has 0 bridgehead atoms. The van der Waals surface area contributed by atoms with E-state index in [-0.39, 0.29) is 20.3 Å². The summed E-state index contributed by atoms with van der Waals surface area (Å²) in [7, 11) is 0. The Balaban J connectivity index is 0. The first-order valence-corrected chi connectivity index (χ1v) is 2.27. The minimum atomic E-state index is 0. The van der Waals surface area contributed by atoms with Gasteiger partial charge >= 0.3 is 18.9 Å². The minimum Gasteiger partial charge on any atom is -1.00 e. The second-order valence-electron chi connectivity index (χ2n) is 1.47. The zero-order chi connectivity index (χ0) is 5.11. The maximum absolute atomic E-state index is 3.98. The number of aromatic nitrogens is 1. The molecular formula is C6H8LiN. The van der Waals surface area contributed by atoms with Gasteiger partial charge in [-0.15, -0.1) is 0 Å². The van der Waals surface area contributed by atoms with E-state index in [1.165, 1.54) is 0 Å². The molecule has 38 valence electrons. The Morgan fingerprint density at radius 2 is 2.25 bits per heavy atom. The predicted octanol–water partition coefficient (Wildman–Crippen LogP) is -1.49. The molecule has 0 radical (unpaired) electrons. The summed E-state index contributed by atoms with van der Waals surface area (Å²) in [6, 6.07) is 5.86. The summed E-state index contributed by atoms with van der Waals surface area (Å²) in [5.41, 5.74) is 1.07. The van der Waals surface area contributed by atoms with Crippen molar-refractivity contribution < 1.29 is 20.3 Å². The molecule has 1 aromatic heterocycles. The first-order valence-electron chi connectivity index (χ1n) is 2.27. The van der Waals surface area contributed by atoms with Crippen molar-refractivity contribution in [3.63, 3.8) is 0 Å². The SMILES string of the molecule is Cc1ccccn1.[H-].[Li+]. The normalized spacial score (nSPS) is 7.62. The van der Waals surface area contributed by atoms with Gasteiger partial charge in [-0.1, -0.05) is 6.07 Å². The monoisotopic (exact) mass is 101 g/mol. The van der Waals surface area contributed by atoms with Crippen LogP contribution in [0.3, 0.4) is 0 Å². The quantitative estimate of drug-likeness (QED) is 0.363. The molecule has 0 aliphatic rings. The zero-order valence-corrected chi connectivity index (χ0v) is 5.26. The summed E-state index contributed by atoms with van der Waals surface area (Å²) in [6.07, 6.45) is 1.79. The van der Waals surface area contributed by atoms with Crippen molar-refractivity contribution in [1.82, 2.24) is 4.98 Å². The summed E-state index contributed by atoms with van der Waals surface area (Å²) in [6.45, 7) is 1.97. The van der Waals surface area contributed by atoms with Crippen molar-refractivity contribution in [2.75, 3.05) is 0 Å².